The average molecular weight is 538 g/mol. The van der Waals surface area contributed by atoms with Crippen LogP contribution in [0.2, 0.25) is 0 Å². The van der Waals surface area contributed by atoms with Crippen LogP contribution in [0.5, 0.6) is 5.75 Å². The lowest BCUT2D eigenvalue weighted by Gasteiger charge is -2.21. The minimum Gasteiger partial charge on any atom is -0.490 e. The number of sulfonamides is 1. The fraction of sp³-hybridized carbons (Fsp3) is 0.154. The molecule has 0 aliphatic rings. The number of rotatable bonds is 10. The number of benzene rings is 3. The van der Waals surface area contributed by atoms with Gasteiger partial charge in [0.25, 0.3) is 15.9 Å². The standard InChI is InChI=1S/C26H27N5O6S/c1-2-36-22-12-16(10-17-11-20(14-32)37-24(17)22)23(30-19-8-6-15(7-9-19)25(28)29)26(33)31-38(34,35)21-5-3-4-18(27)13-21/h3-13,23,30,32H,2,14,27H2,1H3,(H3,28,29)(H,31,33)/t23-/m1/s1. The summed E-state index contributed by atoms with van der Waals surface area (Å²) >= 11 is 0. The molecule has 0 saturated heterocycles. The number of nitrogen functional groups attached to an aromatic ring is 2. The Morgan fingerprint density at radius 3 is 2.50 bits per heavy atom. The number of amides is 1. The van der Waals surface area contributed by atoms with Crippen LogP contribution in [0.1, 0.15) is 29.9 Å². The summed E-state index contributed by atoms with van der Waals surface area (Å²) in [5.74, 6) is -0.359. The van der Waals surface area contributed by atoms with Crippen LogP contribution in [0.15, 0.2) is 76.0 Å². The molecule has 38 heavy (non-hydrogen) atoms. The third kappa shape index (κ3) is 5.71. The molecule has 0 aliphatic heterocycles. The van der Waals surface area contributed by atoms with Gasteiger partial charge in [-0.15, -0.1) is 0 Å². The van der Waals surface area contributed by atoms with Gasteiger partial charge in [-0.1, -0.05) is 6.07 Å². The van der Waals surface area contributed by atoms with Crippen molar-refractivity contribution in [2.45, 2.75) is 24.5 Å². The van der Waals surface area contributed by atoms with Crippen LogP contribution in [-0.4, -0.2) is 31.9 Å². The minimum atomic E-state index is -4.25. The van der Waals surface area contributed by atoms with Crippen LogP contribution in [-0.2, 0) is 21.4 Å². The van der Waals surface area contributed by atoms with Gasteiger partial charge < -0.3 is 31.0 Å². The number of fused-ring (bicyclic) bond motifs is 1. The Bertz CT molecular complexity index is 1600. The molecule has 1 atom stereocenters. The second kappa shape index (κ2) is 10.8. The topological polar surface area (TPSA) is 194 Å². The van der Waals surface area contributed by atoms with Gasteiger partial charge in [0.2, 0.25) is 0 Å². The Morgan fingerprint density at radius 2 is 1.87 bits per heavy atom. The van der Waals surface area contributed by atoms with Crippen molar-refractivity contribution in [1.29, 1.82) is 5.41 Å². The average Bonchev–Trinajstić information content (AvgIpc) is 3.31. The van der Waals surface area contributed by atoms with Crippen LogP contribution in [0.25, 0.3) is 11.0 Å². The number of nitrogens with two attached hydrogens (primary N) is 2. The molecule has 0 radical (unpaired) electrons. The third-order valence-electron chi connectivity index (χ3n) is 5.62. The van der Waals surface area contributed by atoms with Crippen LogP contribution < -0.4 is 26.2 Å². The largest absolute Gasteiger partial charge is 0.490 e. The molecule has 0 spiro atoms. The summed E-state index contributed by atoms with van der Waals surface area (Å²) in [5, 5.41) is 20.7. The Morgan fingerprint density at radius 1 is 1.13 bits per heavy atom. The molecule has 1 amide bonds. The number of aliphatic hydroxyl groups excluding tert-OH is 1. The van der Waals surface area contributed by atoms with Crippen molar-refractivity contribution in [3.63, 3.8) is 0 Å². The van der Waals surface area contributed by atoms with Crippen molar-refractivity contribution in [3.8, 4) is 5.75 Å². The first-order valence-electron chi connectivity index (χ1n) is 11.5. The number of carbonyl (C=O) groups excluding carboxylic acids is 1. The molecule has 1 heterocycles. The number of aliphatic hydroxyl groups is 1. The molecule has 0 bridgehead atoms. The first-order chi connectivity index (χ1) is 18.1. The van der Waals surface area contributed by atoms with Crippen molar-refractivity contribution in [2.24, 2.45) is 5.73 Å². The van der Waals surface area contributed by atoms with Gasteiger partial charge in [-0.3, -0.25) is 10.2 Å². The zero-order valence-electron chi connectivity index (χ0n) is 20.4. The number of hydrogen-bond acceptors (Lipinski definition) is 9. The van der Waals surface area contributed by atoms with E-state index in [-0.39, 0.29) is 23.0 Å². The predicted molar refractivity (Wildman–Crippen MR) is 143 cm³/mol. The summed E-state index contributed by atoms with van der Waals surface area (Å²) in [5.41, 5.74) is 13.2. The zero-order chi connectivity index (χ0) is 27.4. The molecule has 0 aliphatic carbocycles. The molecule has 0 fully saturated rings. The van der Waals surface area contributed by atoms with E-state index in [4.69, 9.17) is 26.0 Å². The van der Waals surface area contributed by atoms with E-state index in [1.165, 1.54) is 24.3 Å². The predicted octanol–water partition coefficient (Wildman–Crippen LogP) is 2.85. The summed E-state index contributed by atoms with van der Waals surface area (Å²) in [7, 11) is -4.25. The summed E-state index contributed by atoms with van der Waals surface area (Å²) in [4.78, 5) is 13.4. The molecule has 1 aromatic heterocycles. The number of amidine groups is 1. The molecule has 8 N–H and O–H groups in total. The lowest BCUT2D eigenvalue weighted by Crippen LogP contribution is -2.37. The van der Waals surface area contributed by atoms with E-state index in [0.29, 0.717) is 45.9 Å². The maximum absolute atomic E-state index is 13.5. The molecule has 11 nitrogen and oxygen atoms in total. The van der Waals surface area contributed by atoms with Crippen molar-refractivity contribution >= 4 is 44.1 Å². The Balaban J connectivity index is 1.77. The molecule has 4 aromatic rings. The zero-order valence-corrected chi connectivity index (χ0v) is 21.2. The molecular weight excluding hydrogens is 510 g/mol. The lowest BCUT2D eigenvalue weighted by atomic mass is 10.0. The highest BCUT2D eigenvalue weighted by Gasteiger charge is 2.28. The summed E-state index contributed by atoms with van der Waals surface area (Å²) in [6.45, 7) is 1.75. The van der Waals surface area contributed by atoms with Crippen molar-refractivity contribution in [1.82, 2.24) is 4.72 Å². The number of anilines is 2. The van der Waals surface area contributed by atoms with Gasteiger partial charge in [0.05, 0.1) is 11.5 Å². The maximum atomic E-state index is 13.5. The molecule has 3 aromatic carbocycles. The fourth-order valence-electron chi connectivity index (χ4n) is 3.85. The highest BCUT2D eigenvalue weighted by molar-refractivity contribution is 7.90. The van der Waals surface area contributed by atoms with Crippen molar-refractivity contribution in [3.05, 3.63) is 83.6 Å². The highest BCUT2D eigenvalue weighted by atomic mass is 32.2. The number of hydrogen-bond donors (Lipinski definition) is 6. The molecular formula is C26H27N5O6S. The Kier molecular flexibility index (Phi) is 7.55. The first-order valence-corrected chi connectivity index (χ1v) is 13.0. The van der Waals surface area contributed by atoms with E-state index in [9.17, 15) is 18.3 Å². The van der Waals surface area contributed by atoms with Gasteiger partial charge in [-0.05, 0) is 73.2 Å². The van der Waals surface area contributed by atoms with Crippen LogP contribution >= 0.6 is 0 Å². The fourth-order valence-corrected chi connectivity index (χ4v) is 4.90. The number of furan rings is 1. The van der Waals surface area contributed by atoms with Gasteiger partial charge in [-0.25, -0.2) is 13.1 Å². The summed E-state index contributed by atoms with van der Waals surface area (Å²) in [6.07, 6.45) is 0. The van der Waals surface area contributed by atoms with E-state index in [0.717, 1.165) is 0 Å². The molecule has 198 valence electrons. The Labute approximate surface area is 219 Å². The van der Waals surface area contributed by atoms with Gasteiger partial charge in [0.15, 0.2) is 11.3 Å². The van der Waals surface area contributed by atoms with Crippen molar-refractivity contribution in [2.75, 3.05) is 17.7 Å². The Hall–Kier alpha value is -4.55. The van der Waals surface area contributed by atoms with Crippen LogP contribution in [0.4, 0.5) is 11.4 Å². The summed E-state index contributed by atoms with van der Waals surface area (Å²) < 4.78 is 39.5. The molecule has 12 heteroatoms. The number of nitrogens with one attached hydrogen (secondary N) is 3. The SMILES string of the molecule is CCOc1cc([C@@H](Nc2ccc(C(=N)N)cc2)C(=O)NS(=O)(=O)c2cccc(N)c2)cc2cc(CO)oc12. The van der Waals surface area contributed by atoms with E-state index in [2.05, 4.69) is 10.0 Å². The van der Waals surface area contributed by atoms with Crippen molar-refractivity contribution < 1.29 is 27.5 Å². The maximum Gasteiger partial charge on any atom is 0.264 e. The van der Waals surface area contributed by atoms with E-state index in [1.807, 2.05) is 0 Å². The number of ether oxygens (including phenoxy) is 1. The smallest absolute Gasteiger partial charge is 0.264 e. The number of carbonyl (C=O) groups is 1. The van der Waals surface area contributed by atoms with Gasteiger partial charge in [0, 0.05) is 22.3 Å². The highest BCUT2D eigenvalue weighted by Crippen LogP contribution is 2.34. The first kappa shape index (κ1) is 26.5. The molecule has 0 unspecified atom stereocenters. The lowest BCUT2D eigenvalue weighted by molar-refractivity contribution is -0.120. The van der Waals surface area contributed by atoms with Gasteiger partial charge >= 0.3 is 0 Å². The minimum absolute atomic E-state index is 0.120. The van der Waals surface area contributed by atoms with E-state index < -0.39 is 22.0 Å². The molecule has 0 saturated carbocycles. The van der Waals surface area contributed by atoms with Crippen LogP contribution in [0, 0.1) is 5.41 Å². The monoisotopic (exact) mass is 537 g/mol. The second-order valence-corrected chi connectivity index (χ2v) is 10.0. The van der Waals surface area contributed by atoms with Crippen LogP contribution in [0.3, 0.4) is 0 Å². The van der Waals surface area contributed by atoms with Gasteiger partial charge in [-0.2, -0.15) is 0 Å². The van der Waals surface area contributed by atoms with E-state index >= 15 is 0 Å². The van der Waals surface area contributed by atoms with E-state index in [1.54, 1.807) is 49.4 Å². The second-order valence-electron chi connectivity index (χ2n) is 8.35. The van der Waals surface area contributed by atoms with Gasteiger partial charge in [0.1, 0.15) is 24.2 Å². The quantitative estimate of drug-likeness (QED) is 0.100. The summed E-state index contributed by atoms with van der Waals surface area (Å²) in [6, 6.07) is 15.7. The molecule has 4 rings (SSSR count). The normalized spacial score (nSPS) is 12.2. The third-order valence-corrected chi connectivity index (χ3v) is 6.96.